The Hall–Kier alpha value is -9.91. The molecular weight excluding hydrogens is 937 g/mol. The van der Waals surface area contributed by atoms with E-state index in [1.807, 2.05) is 133 Å². The number of nitrogens with zero attached hydrogens (tertiary/aromatic N) is 5. The topological polar surface area (TPSA) is 89.4 Å². The SMILES string of the molecule is C=C(/N=C(\N=C(/N)c1cccc(-c2cccc(C3(c4cccc(-c5cccc(-c6nc(-c7ccccc7)nc(-c7ccccc7)n6)c5)c4)c4ccccc4C(C)(C)c4ccccc43)c2)c1)c1ccccc1)c1ccccc1. The minimum absolute atomic E-state index is 0.275. The van der Waals surface area contributed by atoms with Crippen molar-refractivity contribution in [1.29, 1.82) is 0 Å². The molecule has 77 heavy (non-hydrogen) atoms. The third-order valence-corrected chi connectivity index (χ3v) is 14.9. The van der Waals surface area contributed by atoms with Crippen molar-refractivity contribution in [3.05, 3.63) is 324 Å². The molecule has 6 heteroatoms. The Morgan fingerprint density at radius 1 is 0.351 bits per heavy atom. The lowest BCUT2D eigenvalue weighted by atomic mass is 9.54. The molecule has 1 aliphatic rings. The highest BCUT2D eigenvalue weighted by Crippen LogP contribution is 2.56. The molecule has 0 saturated heterocycles. The summed E-state index contributed by atoms with van der Waals surface area (Å²) in [6.45, 7) is 8.99. The van der Waals surface area contributed by atoms with Gasteiger partial charge in [0.05, 0.1) is 11.1 Å². The average molecular weight is 991 g/mol. The van der Waals surface area contributed by atoms with E-state index < -0.39 is 5.41 Å². The zero-order chi connectivity index (χ0) is 52.3. The molecule has 6 nitrogen and oxygen atoms in total. The Labute approximate surface area is 450 Å². The van der Waals surface area contributed by atoms with Gasteiger partial charge >= 0.3 is 0 Å². The fraction of sp³-hybridized carbons (Fsp3) is 0.0563. The average Bonchev–Trinajstić information content (AvgIpc) is 3.61. The summed E-state index contributed by atoms with van der Waals surface area (Å²) in [5.74, 6) is 2.69. The summed E-state index contributed by atoms with van der Waals surface area (Å²) in [5.41, 5.74) is 23.4. The molecule has 1 aliphatic carbocycles. The van der Waals surface area contributed by atoms with Crippen LogP contribution < -0.4 is 5.73 Å². The van der Waals surface area contributed by atoms with Crippen LogP contribution in [0.25, 0.3) is 62.1 Å². The molecule has 0 fully saturated rings. The molecule has 0 bridgehead atoms. The van der Waals surface area contributed by atoms with E-state index in [2.05, 4.69) is 154 Å². The number of amidine groups is 2. The maximum Gasteiger partial charge on any atom is 0.164 e. The predicted octanol–water partition coefficient (Wildman–Crippen LogP) is 16.1. The third kappa shape index (κ3) is 9.17. The minimum atomic E-state index is -0.726. The Bertz CT molecular complexity index is 3920. The summed E-state index contributed by atoms with van der Waals surface area (Å²) >= 11 is 0. The van der Waals surface area contributed by atoms with Gasteiger partial charge in [-0.15, -0.1) is 0 Å². The van der Waals surface area contributed by atoms with Gasteiger partial charge in [0, 0.05) is 33.2 Å². The van der Waals surface area contributed by atoms with Crippen molar-refractivity contribution in [1.82, 2.24) is 15.0 Å². The summed E-state index contributed by atoms with van der Waals surface area (Å²) in [5, 5.41) is 0. The van der Waals surface area contributed by atoms with Gasteiger partial charge in [0.15, 0.2) is 23.3 Å². The van der Waals surface area contributed by atoms with Crippen LogP contribution in [0, 0.1) is 0 Å². The molecule has 0 amide bonds. The van der Waals surface area contributed by atoms with Gasteiger partial charge in [-0.05, 0) is 85.5 Å². The van der Waals surface area contributed by atoms with Crippen LogP contribution in [0.5, 0.6) is 0 Å². The van der Waals surface area contributed by atoms with E-state index in [0.717, 1.165) is 66.8 Å². The van der Waals surface area contributed by atoms with E-state index in [-0.39, 0.29) is 5.41 Å². The molecule has 368 valence electrons. The molecule has 10 aromatic carbocycles. The molecule has 0 saturated carbocycles. The molecule has 0 atom stereocenters. The Kier molecular flexibility index (Phi) is 12.7. The molecular formula is C71H54N6. The van der Waals surface area contributed by atoms with Crippen molar-refractivity contribution in [3.8, 4) is 56.4 Å². The summed E-state index contributed by atoms with van der Waals surface area (Å²) in [7, 11) is 0. The zero-order valence-electron chi connectivity index (χ0n) is 42.9. The molecule has 12 rings (SSSR count). The second-order valence-electron chi connectivity index (χ2n) is 19.9. The van der Waals surface area contributed by atoms with Crippen molar-refractivity contribution < 1.29 is 0 Å². The van der Waals surface area contributed by atoms with E-state index in [0.29, 0.717) is 34.8 Å². The second-order valence-corrected chi connectivity index (χ2v) is 19.9. The monoisotopic (exact) mass is 990 g/mol. The molecule has 0 aliphatic heterocycles. The third-order valence-electron chi connectivity index (χ3n) is 14.9. The van der Waals surface area contributed by atoms with Crippen LogP contribution in [-0.4, -0.2) is 26.6 Å². The first kappa shape index (κ1) is 48.1. The van der Waals surface area contributed by atoms with Crippen LogP contribution >= 0.6 is 0 Å². The Morgan fingerprint density at radius 3 is 1.23 bits per heavy atom. The van der Waals surface area contributed by atoms with Crippen molar-refractivity contribution in [2.75, 3.05) is 0 Å². The number of fused-ring (bicyclic) bond motifs is 2. The standard InChI is InChI=1S/C71H54N6/c1-48(49-24-8-4-9-25-49)73-66(50-26-10-5-11-27-50)74-65(72)57-36-20-32-53(44-57)55-34-22-38-59(46-55)71(63-42-18-16-40-61(63)70(2,3)62-41-17-19-43-64(62)71)60-39-23-35-56(47-60)54-33-21-37-58(45-54)69-76-67(51-28-12-6-13-29-51)75-68(77-69)52-30-14-7-15-31-52/h4-47H,1H2,2-3H3,(H2,72,73,74). The first-order chi connectivity index (χ1) is 37.7. The van der Waals surface area contributed by atoms with Gasteiger partial charge in [0.1, 0.15) is 5.84 Å². The van der Waals surface area contributed by atoms with Crippen LogP contribution in [0.1, 0.15) is 63.9 Å². The van der Waals surface area contributed by atoms with E-state index in [9.17, 15) is 0 Å². The number of hydrogen-bond acceptors (Lipinski definition) is 4. The molecule has 0 unspecified atom stereocenters. The van der Waals surface area contributed by atoms with Crippen LogP contribution in [0.15, 0.2) is 283 Å². The maximum atomic E-state index is 6.97. The van der Waals surface area contributed by atoms with Crippen molar-refractivity contribution in [2.24, 2.45) is 15.7 Å². The van der Waals surface area contributed by atoms with Gasteiger partial charge in [-0.1, -0.05) is 263 Å². The first-order valence-electron chi connectivity index (χ1n) is 26.0. The zero-order valence-corrected chi connectivity index (χ0v) is 42.9. The summed E-state index contributed by atoms with van der Waals surface area (Å²) in [4.78, 5) is 25.1. The van der Waals surface area contributed by atoms with E-state index in [1.165, 1.54) is 22.3 Å². The lowest BCUT2D eigenvalue weighted by molar-refractivity contribution is 0.558. The first-order valence-corrected chi connectivity index (χ1v) is 26.0. The fourth-order valence-electron chi connectivity index (χ4n) is 11.0. The lowest BCUT2D eigenvalue weighted by Gasteiger charge is -2.48. The van der Waals surface area contributed by atoms with E-state index >= 15 is 0 Å². The fourth-order valence-corrected chi connectivity index (χ4v) is 11.0. The molecule has 11 aromatic rings. The summed E-state index contributed by atoms with van der Waals surface area (Å²) < 4.78 is 0. The van der Waals surface area contributed by atoms with Crippen molar-refractivity contribution in [3.63, 3.8) is 0 Å². The maximum absolute atomic E-state index is 6.97. The number of aliphatic imine (C=N–C) groups is 2. The minimum Gasteiger partial charge on any atom is -0.383 e. The highest BCUT2D eigenvalue weighted by Gasteiger charge is 2.49. The largest absolute Gasteiger partial charge is 0.383 e. The number of rotatable bonds is 11. The van der Waals surface area contributed by atoms with Crippen LogP contribution in [0.4, 0.5) is 0 Å². The highest BCUT2D eigenvalue weighted by molar-refractivity contribution is 6.12. The second kappa shape index (κ2) is 20.4. The summed E-state index contributed by atoms with van der Waals surface area (Å²) in [6.07, 6.45) is 0. The normalized spacial score (nSPS) is 13.5. The number of hydrogen-bond donors (Lipinski definition) is 1. The Morgan fingerprint density at radius 2 is 0.714 bits per heavy atom. The molecule has 1 aromatic heterocycles. The van der Waals surface area contributed by atoms with Crippen LogP contribution in [0.2, 0.25) is 0 Å². The number of benzene rings is 10. The van der Waals surface area contributed by atoms with Gasteiger partial charge in [-0.2, -0.15) is 0 Å². The smallest absolute Gasteiger partial charge is 0.164 e. The lowest BCUT2D eigenvalue weighted by Crippen LogP contribution is -2.41. The molecule has 2 N–H and O–H groups in total. The van der Waals surface area contributed by atoms with E-state index in [1.54, 1.807) is 0 Å². The highest BCUT2D eigenvalue weighted by atomic mass is 15.0. The molecule has 0 spiro atoms. The number of aromatic nitrogens is 3. The van der Waals surface area contributed by atoms with Gasteiger partial charge in [-0.3, -0.25) is 0 Å². The van der Waals surface area contributed by atoms with E-state index in [4.69, 9.17) is 30.7 Å². The van der Waals surface area contributed by atoms with Gasteiger partial charge < -0.3 is 5.73 Å². The van der Waals surface area contributed by atoms with Crippen molar-refractivity contribution in [2.45, 2.75) is 24.7 Å². The summed E-state index contributed by atoms with van der Waals surface area (Å²) in [6, 6.07) is 93.0. The van der Waals surface area contributed by atoms with Crippen LogP contribution in [-0.2, 0) is 10.8 Å². The predicted molar refractivity (Wildman–Crippen MR) is 317 cm³/mol. The van der Waals surface area contributed by atoms with Gasteiger partial charge in [0.2, 0.25) is 0 Å². The molecule has 0 radical (unpaired) electrons. The van der Waals surface area contributed by atoms with Gasteiger partial charge in [0.25, 0.3) is 0 Å². The quantitative estimate of drug-likeness (QED) is 0.103. The van der Waals surface area contributed by atoms with Gasteiger partial charge in [-0.25, -0.2) is 24.9 Å². The van der Waals surface area contributed by atoms with Crippen LogP contribution in [0.3, 0.4) is 0 Å². The molecule has 1 heterocycles. The number of nitrogens with two attached hydrogens (primary N) is 1. The van der Waals surface area contributed by atoms with Crippen molar-refractivity contribution >= 4 is 17.4 Å². The Balaban J connectivity index is 0.987.